The van der Waals surface area contributed by atoms with Gasteiger partial charge in [-0.3, -0.25) is 0 Å². The van der Waals surface area contributed by atoms with Gasteiger partial charge in [0.2, 0.25) is 5.89 Å². The Kier molecular flexibility index (Phi) is 2.30. The number of nitrogens with zero attached hydrogens (tertiary/aromatic N) is 2. The normalized spacial score (nSPS) is 10.7. The molecule has 0 bridgehead atoms. The maximum atomic E-state index is 11.2. The first-order valence-corrected chi connectivity index (χ1v) is 5.28. The van der Waals surface area contributed by atoms with Gasteiger partial charge in [-0.25, -0.2) is 14.8 Å². The van der Waals surface area contributed by atoms with Crippen LogP contribution in [0.3, 0.4) is 0 Å². The summed E-state index contributed by atoms with van der Waals surface area (Å²) in [5.41, 5.74) is 0.414. The molecule has 18 heavy (non-hydrogen) atoms. The van der Waals surface area contributed by atoms with E-state index in [1.165, 1.54) is 12.5 Å². The van der Waals surface area contributed by atoms with Crippen LogP contribution in [0.1, 0.15) is 10.5 Å². The van der Waals surface area contributed by atoms with Gasteiger partial charge >= 0.3 is 5.97 Å². The molecule has 3 aromatic rings. The second-order valence-corrected chi connectivity index (χ2v) is 3.72. The van der Waals surface area contributed by atoms with Crippen LogP contribution >= 0.6 is 0 Å². The molecule has 0 unspecified atom stereocenters. The summed E-state index contributed by atoms with van der Waals surface area (Å²) in [6.45, 7) is 0. The number of carboxylic acid groups (broad SMARTS) is 1. The van der Waals surface area contributed by atoms with Crippen LogP contribution in [0, 0.1) is 0 Å². The van der Waals surface area contributed by atoms with E-state index in [0.717, 1.165) is 5.39 Å². The van der Waals surface area contributed by atoms with Gasteiger partial charge in [0.05, 0.1) is 6.20 Å². The van der Waals surface area contributed by atoms with E-state index >= 15 is 0 Å². The van der Waals surface area contributed by atoms with Gasteiger partial charge in [-0.15, -0.1) is 0 Å². The van der Waals surface area contributed by atoms with Crippen molar-refractivity contribution in [2.45, 2.75) is 0 Å². The fraction of sp³-hybridized carbons (Fsp3) is 0. The zero-order valence-corrected chi connectivity index (χ0v) is 9.20. The van der Waals surface area contributed by atoms with Crippen LogP contribution in [0.15, 0.2) is 47.2 Å². The molecule has 1 N–H and O–H groups in total. The van der Waals surface area contributed by atoms with Gasteiger partial charge in [-0.05, 0) is 11.5 Å². The summed E-state index contributed by atoms with van der Waals surface area (Å²) < 4.78 is 5.14. The monoisotopic (exact) mass is 240 g/mol. The third kappa shape index (κ3) is 1.62. The number of aromatic nitrogens is 2. The summed E-state index contributed by atoms with van der Waals surface area (Å²) in [6.07, 6.45) is 2.92. The molecule has 0 radical (unpaired) electrons. The summed E-state index contributed by atoms with van der Waals surface area (Å²) >= 11 is 0. The molecule has 0 spiro atoms. The lowest BCUT2D eigenvalue weighted by molar-refractivity contribution is 0.0693. The fourth-order valence-electron chi connectivity index (χ4n) is 1.82. The van der Waals surface area contributed by atoms with E-state index in [9.17, 15) is 9.90 Å². The van der Waals surface area contributed by atoms with Crippen molar-refractivity contribution in [1.29, 1.82) is 0 Å². The minimum absolute atomic E-state index is 0.00120. The lowest BCUT2D eigenvalue weighted by Crippen LogP contribution is -2.02. The van der Waals surface area contributed by atoms with E-state index in [0.29, 0.717) is 17.0 Å². The van der Waals surface area contributed by atoms with Gasteiger partial charge in [-0.2, -0.15) is 0 Å². The molecule has 0 aliphatic heterocycles. The Bertz CT molecular complexity index is 720. The minimum atomic E-state index is -1.07. The third-order valence-corrected chi connectivity index (χ3v) is 2.59. The Morgan fingerprint density at radius 1 is 1.28 bits per heavy atom. The summed E-state index contributed by atoms with van der Waals surface area (Å²) in [5, 5.41) is 10.6. The number of carboxylic acids is 1. The Balaban J connectivity index is 2.33. The van der Waals surface area contributed by atoms with Crippen LogP contribution in [0.5, 0.6) is 0 Å². The van der Waals surface area contributed by atoms with Crippen LogP contribution in [-0.4, -0.2) is 21.0 Å². The summed E-state index contributed by atoms with van der Waals surface area (Å²) in [4.78, 5) is 19.3. The predicted molar refractivity (Wildman–Crippen MR) is 64.2 cm³/mol. The molecule has 2 heterocycles. The molecule has 1 aromatic carbocycles. The smallest absolute Gasteiger partial charge is 0.355 e. The van der Waals surface area contributed by atoms with E-state index in [4.69, 9.17) is 4.42 Å². The molecule has 0 aliphatic rings. The van der Waals surface area contributed by atoms with E-state index in [2.05, 4.69) is 9.97 Å². The first-order valence-electron chi connectivity index (χ1n) is 5.28. The van der Waals surface area contributed by atoms with E-state index in [-0.39, 0.29) is 5.69 Å². The van der Waals surface area contributed by atoms with E-state index in [1.54, 1.807) is 18.2 Å². The van der Waals surface area contributed by atoms with Gasteiger partial charge in [0, 0.05) is 5.39 Å². The number of pyridine rings is 1. The van der Waals surface area contributed by atoms with Crippen molar-refractivity contribution in [1.82, 2.24) is 9.97 Å². The zero-order chi connectivity index (χ0) is 12.5. The molecule has 0 saturated heterocycles. The highest BCUT2D eigenvalue weighted by Crippen LogP contribution is 2.23. The standard InChI is InChI=1S/C13H8N2O3/c16-13(17)11-9-4-2-1-3-8(9)7-10(15-11)12-14-5-6-18-12/h1-7H,(H,16,17). The topological polar surface area (TPSA) is 76.2 Å². The highest BCUT2D eigenvalue weighted by molar-refractivity contribution is 6.02. The van der Waals surface area contributed by atoms with Crippen molar-refractivity contribution < 1.29 is 14.3 Å². The van der Waals surface area contributed by atoms with Gasteiger partial charge < -0.3 is 9.52 Å². The molecule has 0 amide bonds. The van der Waals surface area contributed by atoms with Crippen molar-refractivity contribution in [3.05, 3.63) is 48.5 Å². The van der Waals surface area contributed by atoms with Crippen molar-refractivity contribution in [2.24, 2.45) is 0 Å². The summed E-state index contributed by atoms with van der Waals surface area (Å²) in [7, 11) is 0. The number of carbonyl (C=O) groups is 1. The van der Waals surface area contributed by atoms with Gasteiger partial charge in [0.25, 0.3) is 0 Å². The largest absolute Gasteiger partial charge is 0.476 e. The number of hydrogen-bond acceptors (Lipinski definition) is 4. The summed E-state index contributed by atoms with van der Waals surface area (Å²) in [5.74, 6) is -0.761. The Morgan fingerprint density at radius 3 is 2.83 bits per heavy atom. The molecule has 0 atom stereocenters. The quantitative estimate of drug-likeness (QED) is 0.745. The molecule has 5 heteroatoms. The maximum absolute atomic E-state index is 11.2. The number of oxazole rings is 1. The van der Waals surface area contributed by atoms with Crippen LogP contribution < -0.4 is 0 Å². The third-order valence-electron chi connectivity index (χ3n) is 2.59. The van der Waals surface area contributed by atoms with Crippen molar-refractivity contribution in [3.8, 4) is 11.6 Å². The van der Waals surface area contributed by atoms with Crippen LogP contribution in [-0.2, 0) is 0 Å². The number of rotatable bonds is 2. The van der Waals surface area contributed by atoms with Crippen LogP contribution in [0.25, 0.3) is 22.4 Å². The molecular formula is C13H8N2O3. The molecule has 0 saturated carbocycles. The van der Waals surface area contributed by atoms with Crippen molar-refractivity contribution in [2.75, 3.05) is 0 Å². The van der Waals surface area contributed by atoms with Gasteiger partial charge in [0.15, 0.2) is 5.69 Å². The first kappa shape index (κ1) is 10.5. The van der Waals surface area contributed by atoms with Gasteiger partial charge in [0.1, 0.15) is 12.0 Å². The molecule has 3 rings (SSSR count). The number of benzene rings is 1. The Morgan fingerprint density at radius 2 is 2.11 bits per heavy atom. The highest BCUT2D eigenvalue weighted by Gasteiger charge is 2.14. The molecular weight excluding hydrogens is 232 g/mol. The van der Waals surface area contributed by atoms with Crippen LogP contribution in [0.2, 0.25) is 0 Å². The molecule has 0 aliphatic carbocycles. The lowest BCUT2D eigenvalue weighted by atomic mass is 10.1. The lowest BCUT2D eigenvalue weighted by Gasteiger charge is -2.04. The van der Waals surface area contributed by atoms with Crippen molar-refractivity contribution >= 4 is 16.7 Å². The maximum Gasteiger partial charge on any atom is 0.355 e. The van der Waals surface area contributed by atoms with Gasteiger partial charge in [-0.1, -0.05) is 24.3 Å². The number of hydrogen-bond donors (Lipinski definition) is 1. The van der Waals surface area contributed by atoms with Crippen molar-refractivity contribution in [3.63, 3.8) is 0 Å². The minimum Gasteiger partial charge on any atom is -0.476 e. The van der Waals surface area contributed by atoms with E-state index in [1.807, 2.05) is 12.1 Å². The fourth-order valence-corrected chi connectivity index (χ4v) is 1.82. The second kappa shape index (κ2) is 3.96. The second-order valence-electron chi connectivity index (χ2n) is 3.72. The number of fused-ring (bicyclic) bond motifs is 1. The zero-order valence-electron chi connectivity index (χ0n) is 9.20. The average Bonchev–Trinajstić information content (AvgIpc) is 2.91. The number of aromatic carboxylic acids is 1. The summed E-state index contributed by atoms with van der Waals surface area (Å²) in [6, 6.07) is 8.93. The predicted octanol–water partition coefficient (Wildman–Crippen LogP) is 2.59. The first-order chi connectivity index (χ1) is 8.75. The highest BCUT2D eigenvalue weighted by atomic mass is 16.4. The molecule has 2 aromatic heterocycles. The molecule has 0 fully saturated rings. The molecule has 88 valence electrons. The Hall–Kier alpha value is -2.69. The van der Waals surface area contributed by atoms with E-state index < -0.39 is 5.97 Å². The average molecular weight is 240 g/mol. The molecule has 5 nitrogen and oxygen atoms in total. The Labute approximate surface area is 102 Å². The van der Waals surface area contributed by atoms with Crippen LogP contribution in [0.4, 0.5) is 0 Å². The SMILES string of the molecule is O=C(O)c1nc(-c2ncco2)cc2ccccc12.